The lowest BCUT2D eigenvalue weighted by atomic mass is 10.2. The Labute approximate surface area is 113 Å². The molecule has 0 spiro atoms. The van der Waals surface area contributed by atoms with Crippen molar-refractivity contribution in [2.24, 2.45) is 0 Å². The van der Waals surface area contributed by atoms with Crippen molar-refractivity contribution < 1.29 is 8.78 Å². The molecule has 0 unspecified atom stereocenters. The lowest BCUT2D eigenvalue weighted by Gasteiger charge is -2.24. The van der Waals surface area contributed by atoms with Crippen LogP contribution in [0.25, 0.3) is 0 Å². The second-order valence-electron chi connectivity index (χ2n) is 5.30. The first-order valence-corrected chi connectivity index (χ1v) is 7.02. The summed E-state index contributed by atoms with van der Waals surface area (Å²) < 4.78 is 26.8. The Morgan fingerprint density at radius 2 is 1.84 bits per heavy atom. The number of likely N-dealkylation sites (N-methyl/N-ethyl adjacent to an activating group) is 1. The summed E-state index contributed by atoms with van der Waals surface area (Å²) in [6, 6.07) is 4.67. The van der Waals surface area contributed by atoms with Gasteiger partial charge in [-0.15, -0.1) is 0 Å². The minimum Gasteiger partial charge on any atom is -0.311 e. The van der Waals surface area contributed by atoms with Gasteiger partial charge in [-0.05, 0) is 32.0 Å². The highest BCUT2D eigenvalue weighted by Gasteiger charge is 2.18. The Bertz CT molecular complexity index is 383. The summed E-state index contributed by atoms with van der Waals surface area (Å²) in [6.07, 6.45) is 5.20. The quantitative estimate of drug-likeness (QED) is 0.798. The Morgan fingerprint density at radius 1 is 1.21 bits per heavy atom. The second-order valence-corrected chi connectivity index (χ2v) is 5.30. The molecule has 0 atom stereocenters. The Hall–Kier alpha value is -1.00. The second kappa shape index (κ2) is 6.96. The highest BCUT2D eigenvalue weighted by atomic mass is 19.1. The summed E-state index contributed by atoms with van der Waals surface area (Å²) in [5, 5.41) is 3.12. The molecule has 1 N–H and O–H groups in total. The van der Waals surface area contributed by atoms with Gasteiger partial charge in [0.05, 0.1) is 0 Å². The molecule has 0 aromatic heterocycles. The molecule has 0 bridgehead atoms. The van der Waals surface area contributed by atoms with Crippen molar-refractivity contribution >= 4 is 0 Å². The maximum atomic E-state index is 13.4. The van der Waals surface area contributed by atoms with E-state index in [0.717, 1.165) is 13.1 Å². The van der Waals surface area contributed by atoms with E-state index in [1.165, 1.54) is 43.9 Å². The third kappa shape index (κ3) is 3.98. The zero-order chi connectivity index (χ0) is 13.7. The van der Waals surface area contributed by atoms with E-state index >= 15 is 0 Å². The van der Waals surface area contributed by atoms with Gasteiger partial charge in [-0.1, -0.05) is 18.9 Å². The van der Waals surface area contributed by atoms with Crippen LogP contribution in [-0.4, -0.2) is 31.1 Å². The Balaban J connectivity index is 1.71. The molecule has 1 aromatic carbocycles. The lowest BCUT2D eigenvalue weighted by Crippen LogP contribution is -2.35. The Morgan fingerprint density at radius 3 is 2.47 bits per heavy atom. The molecule has 2 rings (SSSR count). The molecule has 0 amide bonds. The molecular weight excluding hydrogens is 246 g/mol. The van der Waals surface area contributed by atoms with Crippen molar-refractivity contribution in [2.45, 2.75) is 38.3 Å². The predicted octanol–water partition coefficient (Wildman–Crippen LogP) is 2.93. The van der Waals surface area contributed by atoms with E-state index in [0.29, 0.717) is 6.04 Å². The highest BCUT2D eigenvalue weighted by Crippen LogP contribution is 2.21. The molecule has 0 aliphatic heterocycles. The van der Waals surface area contributed by atoms with Gasteiger partial charge >= 0.3 is 0 Å². The monoisotopic (exact) mass is 268 g/mol. The summed E-state index contributed by atoms with van der Waals surface area (Å²) in [4.78, 5) is 2.34. The first-order chi connectivity index (χ1) is 9.18. The van der Waals surface area contributed by atoms with Gasteiger partial charge in [-0.3, -0.25) is 0 Å². The normalized spacial score (nSPS) is 16.4. The van der Waals surface area contributed by atoms with Crippen LogP contribution in [0.15, 0.2) is 18.2 Å². The summed E-state index contributed by atoms with van der Waals surface area (Å²) in [5.74, 6) is -0.951. The number of rotatable bonds is 6. The number of halogens is 2. The van der Waals surface area contributed by atoms with Crippen LogP contribution in [0.5, 0.6) is 0 Å². The van der Waals surface area contributed by atoms with E-state index < -0.39 is 11.6 Å². The van der Waals surface area contributed by atoms with E-state index in [9.17, 15) is 8.78 Å². The largest absolute Gasteiger partial charge is 0.311 e. The highest BCUT2D eigenvalue weighted by molar-refractivity contribution is 5.19. The van der Waals surface area contributed by atoms with Gasteiger partial charge in [-0.2, -0.15) is 0 Å². The number of hydrogen-bond donors (Lipinski definition) is 1. The molecule has 1 fully saturated rings. The molecule has 4 heteroatoms. The molecule has 19 heavy (non-hydrogen) atoms. The molecule has 106 valence electrons. The molecular formula is C15H22F2N2. The minimum absolute atomic E-state index is 0.131. The average Bonchev–Trinajstić information content (AvgIpc) is 2.91. The van der Waals surface area contributed by atoms with E-state index in [4.69, 9.17) is 0 Å². The number of benzene rings is 1. The number of nitrogens with one attached hydrogen (secondary N) is 1. The van der Waals surface area contributed by atoms with E-state index in [1.807, 2.05) is 0 Å². The number of hydrogen-bond acceptors (Lipinski definition) is 2. The maximum Gasteiger partial charge on any atom is 0.130 e. The molecule has 1 aromatic rings. The fourth-order valence-corrected chi connectivity index (χ4v) is 2.70. The summed E-state index contributed by atoms with van der Waals surface area (Å²) in [6.45, 7) is 1.92. The topological polar surface area (TPSA) is 15.3 Å². The predicted molar refractivity (Wildman–Crippen MR) is 73.0 cm³/mol. The van der Waals surface area contributed by atoms with Crippen molar-refractivity contribution in [3.63, 3.8) is 0 Å². The molecule has 1 saturated carbocycles. The smallest absolute Gasteiger partial charge is 0.130 e. The molecule has 1 aliphatic carbocycles. The first-order valence-electron chi connectivity index (χ1n) is 7.02. The van der Waals surface area contributed by atoms with Crippen LogP contribution < -0.4 is 5.32 Å². The van der Waals surface area contributed by atoms with Gasteiger partial charge in [0.2, 0.25) is 0 Å². The van der Waals surface area contributed by atoms with Crippen molar-refractivity contribution in [2.75, 3.05) is 20.1 Å². The third-order valence-electron chi connectivity index (χ3n) is 3.95. The SMILES string of the molecule is CN(CCNCc1c(F)cccc1F)C1CCCC1. The van der Waals surface area contributed by atoms with Crippen LogP contribution in [0.1, 0.15) is 31.2 Å². The fraction of sp³-hybridized carbons (Fsp3) is 0.600. The fourth-order valence-electron chi connectivity index (χ4n) is 2.70. The van der Waals surface area contributed by atoms with E-state index in [1.54, 1.807) is 0 Å². The molecule has 1 aliphatic rings. The van der Waals surface area contributed by atoms with Crippen LogP contribution in [0.4, 0.5) is 8.78 Å². The van der Waals surface area contributed by atoms with Gasteiger partial charge in [-0.25, -0.2) is 8.78 Å². The van der Waals surface area contributed by atoms with E-state index in [2.05, 4.69) is 17.3 Å². The molecule has 2 nitrogen and oxygen atoms in total. The summed E-state index contributed by atoms with van der Waals surface area (Å²) >= 11 is 0. The van der Waals surface area contributed by atoms with E-state index in [-0.39, 0.29) is 12.1 Å². The average molecular weight is 268 g/mol. The van der Waals surface area contributed by atoms with Gasteiger partial charge in [0.1, 0.15) is 11.6 Å². The van der Waals surface area contributed by atoms with Gasteiger partial charge in [0.25, 0.3) is 0 Å². The summed E-state index contributed by atoms with van der Waals surface area (Å²) in [5.41, 5.74) is 0.131. The van der Waals surface area contributed by atoms with Crippen molar-refractivity contribution in [3.05, 3.63) is 35.4 Å². The Kier molecular flexibility index (Phi) is 5.28. The van der Waals surface area contributed by atoms with Crippen LogP contribution >= 0.6 is 0 Å². The standard InChI is InChI=1S/C15H22F2N2/c1-19(12-5-2-3-6-12)10-9-18-11-13-14(16)7-4-8-15(13)17/h4,7-8,12,18H,2-3,5-6,9-11H2,1H3. The van der Waals surface area contributed by atoms with Crippen LogP contribution in [0, 0.1) is 11.6 Å². The van der Waals surface area contributed by atoms with Crippen molar-refractivity contribution in [1.29, 1.82) is 0 Å². The molecule has 0 radical (unpaired) electrons. The van der Waals surface area contributed by atoms with Gasteiger partial charge in [0.15, 0.2) is 0 Å². The van der Waals surface area contributed by atoms with Crippen molar-refractivity contribution in [3.8, 4) is 0 Å². The number of nitrogens with zero attached hydrogens (tertiary/aromatic N) is 1. The van der Waals surface area contributed by atoms with Crippen molar-refractivity contribution in [1.82, 2.24) is 10.2 Å². The molecule has 0 saturated heterocycles. The third-order valence-corrected chi connectivity index (χ3v) is 3.95. The zero-order valence-corrected chi connectivity index (χ0v) is 11.5. The molecule has 0 heterocycles. The minimum atomic E-state index is -0.475. The van der Waals surface area contributed by atoms with Gasteiger partial charge < -0.3 is 10.2 Å². The lowest BCUT2D eigenvalue weighted by molar-refractivity contribution is 0.245. The zero-order valence-electron chi connectivity index (χ0n) is 11.5. The van der Waals surface area contributed by atoms with Gasteiger partial charge in [0, 0.05) is 31.2 Å². The summed E-state index contributed by atoms with van der Waals surface area (Å²) in [7, 11) is 2.13. The van der Waals surface area contributed by atoms with Crippen LogP contribution in [-0.2, 0) is 6.54 Å². The first kappa shape index (κ1) is 14.4. The maximum absolute atomic E-state index is 13.4. The van der Waals surface area contributed by atoms with Crippen LogP contribution in [0.2, 0.25) is 0 Å². The van der Waals surface area contributed by atoms with Crippen LogP contribution in [0.3, 0.4) is 0 Å².